The van der Waals surface area contributed by atoms with Gasteiger partial charge < -0.3 is 4.84 Å². The van der Waals surface area contributed by atoms with Gasteiger partial charge in [-0.3, -0.25) is 9.59 Å². The van der Waals surface area contributed by atoms with Crippen molar-refractivity contribution in [3.05, 3.63) is 35.1 Å². The van der Waals surface area contributed by atoms with E-state index in [1.807, 2.05) is 0 Å². The van der Waals surface area contributed by atoms with Crippen LogP contribution >= 0.6 is 0 Å². The molecule has 1 aromatic rings. The Hall–Kier alpha value is -2.24. The van der Waals surface area contributed by atoms with E-state index in [0.717, 1.165) is 6.07 Å². The highest BCUT2D eigenvalue weighted by atomic mass is 19.1. The normalized spacial score (nSPS) is 15.1. The molecule has 0 atom stereocenters. The number of carbonyl (C=O) groups excluding carboxylic acids is 3. The molecule has 94 valence electrons. The summed E-state index contributed by atoms with van der Waals surface area (Å²) < 4.78 is 12.9. The summed E-state index contributed by atoms with van der Waals surface area (Å²) in [5.41, 5.74) is 0.489. The van der Waals surface area contributed by atoms with Crippen molar-refractivity contribution < 1.29 is 23.6 Å². The molecular formula is C12H10FNO4. The van der Waals surface area contributed by atoms with Gasteiger partial charge in [-0.1, -0.05) is 0 Å². The van der Waals surface area contributed by atoms with Crippen molar-refractivity contribution >= 4 is 17.8 Å². The van der Waals surface area contributed by atoms with Crippen molar-refractivity contribution in [3.8, 4) is 0 Å². The molecule has 2 amide bonds. The molecule has 0 aromatic heterocycles. The lowest BCUT2D eigenvalue weighted by molar-refractivity contribution is -0.172. The van der Waals surface area contributed by atoms with Crippen LogP contribution in [0.3, 0.4) is 0 Å². The van der Waals surface area contributed by atoms with Gasteiger partial charge in [0.25, 0.3) is 11.8 Å². The maximum atomic E-state index is 12.9. The van der Waals surface area contributed by atoms with Crippen molar-refractivity contribution in [2.24, 2.45) is 0 Å². The molecule has 2 rings (SSSR count). The van der Waals surface area contributed by atoms with Gasteiger partial charge in [-0.05, 0) is 30.7 Å². The lowest BCUT2D eigenvalue weighted by Gasteiger charge is -2.13. The van der Waals surface area contributed by atoms with Crippen LogP contribution in [0.5, 0.6) is 0 Å². The largest absolute Gasteiger partial charge is 0.364 e. The zero-order valence-corrected chi connectivity index (χ0v) is 9.60. The second-order valence-electron chi connectivity index (χ2n) is 3.92. The van der Waals surface area contributed by atoms with Gasteiger partial charge in [-0.15, -0.1) is 5.06 Å². The monoisotopic (exact) mass is 251 g/mol. The molecule has 1 aromatic carbocycles. The average Bonchev–Trinajstić information content (AvgIpc) is 2.60. The van der Waals surface area contributed by atoms with E-state index in [1.165, 1.54) is 19.1 Å². The Kier molecular flexibility index (Phi) is 3.10. The number of nitrogens with zero attached hydrogens (tertiary/aromatic N) is 1. The minimum Gasteiger partial charge on any atom is -0.325 e. The highest BCUT2D eigenvalue weighted by Crippen LogP contribution is 2.16. The molecule has 5 nitrogen and oxygen atoms in total. The zero-order valence-electron chi connectivity index (χ0n) is 9.60. The smallest absolute Gasteiger partial charge is 0.325 e. The fourth-order valence-corrected chi connectivity index (χ4v) is 1.65. The number of hydrogen-bond donors (Lipinski definition) is 0. The summed E-state index contributed by atoms with van der Waals surface area (Å²) in [5.74, 6) is -2.42. The predicted octanol–water partition coefficient (Wildman–Crippen LogP) is 1.35. The summed E-state index contributed by atoms with van der Waals surface area (Å²) in [7, 11) is 0. The lowest BCUT2D eigenvalue weighted by Crippen LogP contribution is -2.32. The van der Waals surface area contributed by atoms with Crippen LogP contribution in [-0.4, -0.2) is 22.8 Å². The molecule has 0 aliphatic carbocycles. The molecule has 1 fully saturated rings. The number of halogens is 1. The van der Waals surface area contributed by atoms with Crippen LogP contribution in [0.1, 0.15) is 28.8 Å². The van der Waals surface area contributed by atoms with Crippen LogP contribution in [0.2, 0.25) is 0 Å². The maximum Gasteiger partial charge on any atom is 0.364 e. The molecule has 0 radical (unpaired) electrons. The first-order valence-corrected chi connectivity index (χ1v) is 5.33. The minimum absolute atomic E-state index is 0.0362. The lowest BCUT2D eigenvalue weighted by atomic mass is 10.1. The van der Waals surface area contributed by atoms with Crippen LogP contribution in [0.15, 0.2) is 18.2 Å². The standard InChI is InChI=1S/C12H10FNO4/c1-7-6-8(13)2-3-9(7)12(17)18-14-10(15)4-5-11(14)16/h2-3,6H,4-5H2,1H3. The van der Waals surface area contributed by atoms with E-state index in [-0.39, 0.29) is 18.4 Å². The number of hydroxylamine groups is 2. The highest BCUT2D eigenvalue weighted by Gasteiger charge is 2.33. The van der Waals surface area contributed by atoms with Gasteiger partial charge in [0.2, 0.25) is 0 Å². The van der Waals surface area contributed by atoms with E-state index >= 15 is 0 Å². The molecular weight excluding hydrogens is 241 g/mol. The molecule has 1 heterocycles. The Labute approximate surface area is 102 Å². The fourth-order valence-electron chi connectivity index (χ4n) is 1.65. The zero-order chi connectivity index (χ0) is 13.3. The third-order valence-corrected chi connectivity index (χ3v) is 2.59. The topological polar surface area (TPSA) is 63.7 Å². The first kappa shape index (κ1) is 12.2. The maximum absolute atomic E-state index is 12.9. The summed E-state index contributed by atoms with van der Waals surface area (Å²) in [6, 6.07) is 3.53. The molecule has 18 heavy (non-hydrogen) atoms. The number of benzene rings is 1. The van der Waals surface area contributed by atoms with E-state index < -0.39 is 23.6 Å². The minimum atomic E-state index is -0.851. The summed E-state index contributed by atoms with van der Waals surface area (Å²) >= 11 is 0. The third-order valence-electron chi connectivity index (χ3n) is 2.59. The van der Waals surface area contributed by atoms with Crippen molar-refractivity contribution in [2.75, 3.05) is 0 Å². The predicted molar refractivity (Wildman–Crippen MR) is 57.6 cm³/mol. The second-order valence-corrected chi connectivity index (χ2v) is 3.92. The first-order valence-electron chi connectivity index (χ1n) is 5.33. The van der Waals surface area contributed by atoms with E-state index in [1.54, 1.807) is 0 Å². The fraction of sp³-hybridized carbons (Fsp3) is 0.250. The molecule has 1 aliphatic heterocycles. The van der Waals surface area contributed by atoms with Crippen LogP contribution in [-0.2, 0) is 14.4 Å². The van der Waals surface area contributed by atoms with E-state index in [2.05, 4.69) is 0 Å². The van der Waals surface area contributed by atoms with Gasteiger partial charge >= 0.3 is 5.97 Å². The quantitative estimate of drug-likeness (QED) is 0.744. The average molecular weight is 251 g/mol. The molecule has 6 heteroatoms. The number of rotatable bonds is 2. The van der Waals surface area contributed by atoms with Crippen molar-refractivity contribution in [3.63, 3.8) is 0 Å². The molecule has 1 aliphatic rings. The van der Waals surface area contributed by atoms with Crippen LogP contribution < -0.4 is 0 Å². The van der Waals surface area contributed by atoms with E-state index in [4.69, 9.17) is 4.84 Å². The number of hydrogen-bond acceptors (Lipinski definition) is 4. The second kappa shape index (κ2) is 4.56. The van der Waals surface area contributed by atoms with Crippen molar-refractivity contribution in [1.29, 1.82) is 0 Å². The van der Waals surface area contributed by atoms with Crippen LogP contribution in [0.4, 0.5) is 4.39 Å². The Morgan fingerprint density at radius 1 is 1.28 bits per heavy atom. The van der Waals surface area contributed by atoms with Crippen LogP contribution in [0.25, 0.3) is 0 Å². The van der Waals surface area contributed by atoms with Gasteiger partial charge in [0.15, 0.2) is 0 Å². The molecule has 0 N–H and O–H groups in total. The Bertz CT molecular complexity index is 525. The third kappa shape index (κ3) is 2.22. The SMILES string of the molecule is Cc1cc(F)ccc1C(=O)ON1C(=O)CCC1=O. The van der Waals surface area contributed by atoms with E-state index in [0.29, 0.717) is 10.6 Å². The van der Waals surface area contributed by atoms with Gasteiger partial charge in [-0.2, -0.15) is 0 Å². The van der Waals surface area contributed by atoms with Crippen molar-refractivity contribution in [2.45, 2.75) is 19.8 Å². The van der Waals surface area contributed by atoms with E-state index in [9.17, 15) is 18.8 Å². The summed E-state index contributed by atoms with van der Waals surface area (Å²) in [6.07, 6.45) is 0.0724. The van der Waals surface area contributed by atoms with Gasteiger partial charge in [0.05, 0.1) is 5.56 Å². The summed E-state index contributed by atoms with van der Waals surface area (Å²) in [5, 5.41) is 0.463. The summed E-state index contributed by atoms with van der Waals surface area (Å²) in [6.45, 7) is 1.54. The Balaban J connectivity index is 2.17. The van der Waals surface area contributed by atoms with Gasteiger partial charge in [0.1, 0.15) is 5.82 Å². The first-order chi connectivity index (χ1) is 8.49. The van der Waals surface area contributed by atoms with Crippen LogP contribution in [0, 0.1) is 12.7 Å². The number of imide groups is 1. The number of aryl methyl sites for hydroxylation is 1. The molecule has 0 saturated carbocycles. The summed E-state index contributed by atoms with van der Waals surface area (Å²) in [4.78, 5) is 39.0. The Morgan fingerprint density at radius 2 is 1.89 bits per heavy atom. The molecule has 0 unspecified atom stereocenters. The highest BCUT2D eigenvalue weighted by molar-refractivity contribution is 6.02. The number of amides is 2. The molecule has 1 saturated heterocycles. The van der Waals surface area contributed by atoms with Gasteiger partial charge in [-0.25, -0.2) is 9.18 Å². The molecule has 0 spiro atoms. The van der Waals surface area contributed by atoms with Gasteiger partial charge in [0, 0.05) is 12.8 Å². The number of carbonyl (C=O) groups is 3. The molecule has 0 bridgehead atoms. The van der Waals surface area contributed by atoms with Crippen molar-refractivity contribution in [1.82, 2.24) is 5.06 Å². The Morgan fingerprint density at radius 3 is 2.44 bits per heavy atom.